The van der Waals surface area contributed by atoms with Crippen molar-refractivity contribution in [2.45, 2.75) is 11.3 Å². The average Bonchev–Trinajstić information content (AvgIpc) is 2.95. The summed E-state index contributed by atoms with van der Waals surface area (Å²) in [5.74, 6) is 0.0503. The number of methoxy groups -OCH3 is 1. The van der Waals surface area contributed by atoms with Gasteiger partial charge in [0.2, 0.25) is 10.0 Å². The summed E-state index contributed by atoms with van der Waals surface area (Å²) in [5.41, 5.74) is -0.0283. The zero-order chi connectivity index (χ0) is 19.4. The maximum Gasteiger partial charge on any atom is 0.354 e. The molecule has 2 heterocycles. The number of carboxylic acid groups (broad SMARTS) is 1. The molecule has 8 nitrogen and oxygen atoms in total. The molecule has 1 N–H and O–H groups in total. The molecular weight excluding hydrogens is 370 g/mol. The number of pyridine rings is 1. The fourth-order valence-corrected chi connectivity index (χ4v) is 4.45. The van der Waals surface area contributed by atoms with Crippen LogP contribution in [-0.2, 0) is 10.0 Å². The first-order valence-corrected chi connectivity index (χ1v) is 9.95. The molecule has 0 saturated carbocycles. The van der Waals surface area contributed by atoms with Crippen molar-refractivity contribution in [1.29, 1.82) is 0 Å². The Labute approximate surface area is 158 Å². The molecule has 0 radical (unpaired) electrons. The average molecular weight is 391 g/mol. The van der Waals surface area contributed by atoms with E-state index < -0.39 is 16.0 Å². The van der Waals surface area contributed by atoms with Crippen LogP contribution < -0.4 is 9.64 Å². The molecule has 0 spiro atoms. The Balaban J connectivity index is 1.75. The highest BCUT2D eigenvalue weighted by molar-refractivity contribution is 7.89. The quantitative estimate of drug-likeness (QED) is 0.828. The summed E-state index contributed by atoms with van der Waals surface area (Å²) in [7, 11) is -2.07. The standard InChI is InChI=1S/C18H21N3O5S/c1-26-14-6-8-15(9-7-14)27(24,25)21-11-3-10-20(12-13-21)17-5-2-4-16(19-17)18(22)23/h2,4-9H,3,10-13H2,1H3,(H,22,23). The number of hydrogen-bond acceptors (Lipinski definition) is 6. The highest BCUT2D eigenvalue weighted by Crippen LogP contribution is 2.22. The van der Waals surface area contributed by atoms with Gasteiger partial charge < -0.3 is 14.7 Å². The third kappa shape index (κ3) is 4.20. The highest BCUT2D eigenvalue weighted by Gasteiger charge is 2.27. The molecule has 1 aliphatic heterocycles. The van der Waals surface area contributed by atoms with Crippen molar-refractivity contribution in [1.82, 2.24) is 9.29 Å². The molecular formula is C18H21N3O5S. The van der Waals surface area contributed by atoms with Crippen molar-refractivity contribution in [3.63, 3.8) is 0 Å². The number of nitrogens with zero attached hydrogens (tertiary/aromatic N) is 3. The van der Waals surface area contributed by atoms with Crippen molar-refractivity contribution in [2.24, 2.45) is 0 Å². The molecule has 1 fully saturated rings. The number of benzene rings is 1. The third-order valence-corrected chi connectivity index (χ3v) is 6.34. The number of rotatable bonds is 5. The summed E-state index contributed by atoms with van der Waals surface area (Å²) in [4.78, 5) is 17.4. The van der Waals surface area contributed by atoms with Crippen LogP contribution in [0.25, 0.3) is 0 Å². The lowest BCUT2D eigenvalue weighted by Gasteiger charge is -2.23. The molecule has 0 unspecified atom stereocenters. The van der Waals surface area contributed by atoms with Crippen LogP contribution in [0.2, 0.25) is 0 Å². The SMILES string of the molecule is COc1ccc(S(=O)(=O)N2CCCN(c3cccc(C(=O)O)n3)CC2)cc1. The minimum Gasteiger partial charge on any atom is -0.497 e. The number of carboxylic acids is 1. The van der Waals surface area contributed by atoms with Gasteiger partial charge in [0.15, 0.2) is 5.69 Å². The molecule has 2 aromatic rings. The van der Waals surface area contributed by atoms with Crippen molar-refractivity contribution in [2.75, 3.05) is 38.2 Å². The fraction of sp³-hybridized carbons (Fsp3) is 0.333. The lowest BCUT2D eigenvalue weighted by atomic mass is 10.3. The number of sulfonamides is 1. The molecule has 0 amide bonds. The summed E-state index contributed by atoms with van der Waals surface area (Å²) < 4.78 is 32.3. The van der Waals surface area contributed by atoms with Crippen molar-refractivity contribution >= 4 is 21.8 Å². The minimum absolute atomic E-state index is 0.0283. The van der Waals surface area contributed by atoms with E-state index in [2.05, 4.69) is 4.98 Å². The molecule has 3 rings (SSSR count). The summed E-state index contributed by atoms with van der Waals surface area (Å²) in [5, 5.41) is 9.10. The van der Waals surface area contributed by atoms with Crippen LogP contribution >= 0.6 is 0 Å². The molecule has 9 heteroatoms. The zero-order valence-corrected chi connectivity index (χ0v) is 15.7. The fourth-order valence-electron chi connectivity index (χ4n) is 2.98. The summed E-state index contributed by atoms with van der Waals surface area (Å²) >= 11 is 0. The molecule has 0 atom stereocenters. The second-order valence-corrected chi connectivity index (χ2v) is 8.04. The van der Waals surface area contributed by atoms with E-state index in [4.69, 9.17) is 9.84 Å². The summed E-state index contributed by atoms with van der Waals surface area (Å²) in [6.45, 7) is 1.73. The topological polar surface area (TPSA) is 100 Å². The van der Waals surface area contributed by atoms with Crippen LogP contribution in [-0.4, -0.2) is 62.1 Å². The van der Waals surface area contributed by atoms with E-state index >= 15 is 0 Å². The number of aromatic carboxylic acids is 1. The van der Waals surface area contributed by atoms with Gasteiger partial charge in [-0.1, -0.05) is 6.07 Å². The molecule has 1 saturated heterocycles. The number of anilines is 1. The molecule has 1 aromatic heterocycles. The predicted octanol–water partition coefficient (Wildman–Crippen LogP) is 1.69. The van der Waals surface area contributed by atoms with Gasteiger partial charge in [-0.2, -0.15) is 4.31 Å². The predicted molar refractivity (Wildman–Crippen MR) is 99.8 cm³/mol. The first kappa shape index (κ1) is 19.1. The first-order valence-electron chi connectivity index (χ1n) is 8.51. The van der Waals surface area contributed by atoms with E-state index in [0.29, 0.717) is 44.2 Å². The molecule has 0 bridgehead atoms. The molecule has 1 aliphatic rings. The van der Waals surface area contributed by atoms with Gasteiger partial charge in [-0.05, 0) is 42.8 Å². The van der Waals surface area contributed by atoms with Crippen LogP contribution in [0.5, 0.6) is 5.75 Å². The third-order valence-electron chi connectivity index (χ3n) is 4.43. The van der Waals surface area contributed by atoms with E-state index in [1.165, 1.54) is 29.6 Å². The summed E-state index contributed by atoms with van der Waals surface area (Å²) in [6.07, 6.45) is 0.619. The van der Waals surface area contributed by atoms with E-state index in [1.54, 1.807) is 24.3 Å². The monoisotopic (exact) mass is 391 g/mol. The maximum absolute atomic E-state index is 12.9. The van der Waals surface area contributed by atoms with Gasteiger partial charge in [-0.15, -0.1) is 0 Å². The van der Waals surface area contributed by atoms with Gasteiger partial charge in [0.1, 0.15) is 11.6 Å². The zero-order valence-electron chi connectivity index (χ0n) is 14.9. The van der Waals surface area contributed by atoms with Gasteiger partial charge in [0.05, 0.1) is 12.0 Å². The Bertz CT molecular complexity index is 915. The van der Waals surface area contributed by atoms with Crippen LogP contribution in [0.15, 0.2) is 47.4 Å². The Morgan fingerprint density at radius 1 is 1.07 bits per heavy atom. The Hall–Kier alpha value is -2.65. The van der Waals surface area contributed by atoms with E-state index in [1.807, 2.05) is 4.90 Å². The van der Waals surface area contributed by atoms with E-state index in [0.717, 1.165) is 0 Å². The molecule has 0 aliphatic carbocycles. The van der Waals surface area contributed by atoms with Gasteiger partial charge in [-0.25, -0.2) is 18.2 Å². The molecule has 1 aromatic carbocycles. The van der Waals surface area contributed by atoms with E-state index in [-0.39, 0.29) is 10.6 Å². The second-order valence-electron chi connectivity index (χ2n) is 6.11. The Kier molecular flexibility index (Phi) is 5.62. The maximum atomic E-state index is 12.9. The minimum atomic E-state index is -3.60. The van der Waals surface area contributed by atoms with E-state index in [9.17, 15) is 13.2 Å². The number of ether oxygens (including phenoxy) is 1. The number of aromatic nitrogens is 1. The van der Waals surface area contributed by atoms with Crippen LogP contribution in [0.3, 0.4) is 0 Å². The van der Waals surface area contributed by atoms with Crippen molar-refractivity contribution in [3.05, 3.63) is 48.2 Å². The van der Waals surface area contributed by atoms with Crippen molar-refractivity contribution < 1.29 is 23.1 Å². The lowest BCUT2D eigenvalue weighted by Crippen LogP contribution is -2.35. The van der Waals surface area contributed by atoms with Crippen LogP contribution in [0, 0.1) is 0 Å². The van der Waals surface area contributed by atoms with Crippen molar-refractivity contribution in [3.8, 4) is 5.75 Å². The number of hydrogen-bond donors (Lipinski definition) is 1. The van der Waals surface area contributed by atoms with Crippen LogP contribution in [0.4, 0.5) is 5.82 Å². The molecule has 144 valence electrons. The second kappa shape index (κ2) is 7.93. The van der Waals surface area contributed by atoms with Gasteiger partial charge in [-0.3, -0.25) is 0 Å². The van der Waals surface area contributed by atoms with Crippen LogP contribution in [0.1, 0.15) is 16.9 Å². The van der Waals surface area contributed by atoms with Gasteiger partial charge >= 0.3 is 5.97 Å². The first-order chi connectivity index (χ1) is 12.9. The molecule has 27 heavy (non-hydrogen) atoms. The largest absolute Gasteiger partial charge is 0.497 e. The normalized spacial score (nSPS) is 16.0. The number of carbonyl (C=O) groups is 1. The smallest absolute Gasteiger partial charge is 0.354 e. The Morgan fingerprint density at radius 2 is 1.81 bits per heavy atom. The summed E-state index contributed by atoms with van der Waals surface area (Å²) in [6, 6.07) is 11.1. The Morgan fingerprint density at radius 3 is 2.48 bits per heavy atom. The van der Waals surface area contributed by atoms with Gasteiger partial charge in [0, 0.05) is 26.2 Å². The van der Waals surface area contributed by atoms with Gasteiger partial charge in [0.25, 0.3) is 0 Å². The lowest BCUT2D eigenvalue weighted by molar-refractivity contribution is 0.0690. The highest BCUT2D eigenvalue weighted by atomic mass is 32.2.